The molecular weight excluding hydrogens is 235 g/mol. The number of halogens is 2. The lowest BCUT2D eigenvalue weighted by Gasteiger charge is -2.02. The Hall–Kier alpha value is -0.870. The first-order valence-electron chi connectivity index (χ1n) is 3.88. The van der Waals surface area contributed by atoms with Crippen molar-refractivity contribution in [1.29, 1.82) is 0 Å². The van der Waals surface area contributed by atoms with Gasteiger partial charge in [0, 0.05) is 18.1 Å². The topological polar surface area (TPSA) is 41.8 Å². The predicted molar refractivity (Wildman–Crippen MR) is 53.8 cm³/mol. The van der Waals surface area contributed by atoms with Gasteiger partial charge in [0.25, 0.3) is 0 Å². The Kier molecular flexibility index (Phi) is 2.09. The molecule has 2 aromatic rings. The highest BCUT2D eigenvalue weighted by Gasteiger charge is 2.09. The number of hydrogen-bond donors (Lipinski definition) is 2. The van der Waals surface area contributed by atoms with Gasteiger partial charge in [-0.2, -0.15) is 0 Å². The fourth-order valence-corrected chi connectivity index (χ4v) is 1.84. The molecule has 0 aliphatic rings. The van der Waals surface area contributed by atoms with Crippen molar-refractivity contribution >= 4 is 26.8 Å². The number of hydrogen-bond acceptors (Lipinski definition) is 1. The van der Waals surface area contributed by atoms with Crippen molar-refractivity contribution in [3.05, 3.63) is 34.2 Å². The maximum Gasteiger partial charge on any atom is 0.138 e. The molecule has 3 N–H and O–H groups in total. The molecule has 0 bridgehead atoms. The van der Waals surface area contributed by atoms with E-state index in [1.807, 2.05) is 6.07 Å². The van der Waals surface area contributed by atoms with Crippen LogP contribution in [-0.4, -0.2) is 4.98 Å². The number of aromatic nitrogens is 1. The summed E-state index contributed by atoms with van der Waals surface area (Å²) in [6.07, 6.45) is 1.77. The Morgan fingerprint density at radius 2 is 2.31 bits per heavy atom. The van der Waals surface area contributed by atoms with E-state index in [0.29, 0.717) is 11.0 Å². The van der Waals surface area contributed by atoms with Crippen LogP contribution in [0.3, 0.4) is 0 Å². The smallest absolute Gasteiger partial charge is 0.138 e. The van der Waals surface area contributed by atoms with Gasteiger partial charge in [-0.25, -0.2) is 4.39 Å². The van der Waals surface area contributed by atoms with E-state index in [-0.39, 0.29) is 5.82 Å². The molecule has 0 spiro atoms. The van der Waals surface area contributed by atoms with E-state index < -0.39 is 0 Å². The lowest BCUT2D eigenvalue weighted by atomic mass is 10.1. The summed E-state index contributed by atoms with van der Waals surface area (Å²) in [5.74, 6) is -0.271. The zero-order valence-corrected chi connectivity index (χ0v) is 8.36. The maximum atomic E-state index is 13.3. The van der Waals surface area contributed by atoms with Crippen LogP contribution in [0.2, 0.25) is 0 Å². The van der Waals surface area contributed by atoms with Crippen LogP contribution in [0.4, 0.5) is 4.39 Å². The lowest BCUT2D eigenvalue weighted by Crippen LogP contribution is -1.98. The molecule has 0 fully saturated rings. The first-order chi connectivity index (χ1) is 6.24. The Morgan fingerprint density at radius 1 is 1.54 bits per heavy atom. The highest BCUT2D eigenvalue weighted by atomic mass is 79.9. The molecule has 68 valence electrons. The fraction of sp³-hybridized carbons (Fsp3) is 0.111. The van der Waals surface area contributed by atoms with Crippen LogP contribution in [0.15, 0.2) is 22.8 Å². The highest BCUT2D eigenvalue weighted by molar-refractivity contribution is 9.10. The molecule has 1 aromatic heterocycles. The van der Waals surface area contributed by atoms with Crippen molar-refractivity contribution in [1.82, 2.24) is 4.98 Å². The van der Waals surface area contributed by atoms with Crippen molar-refractivity contribution in [2.24, 2.45) is 5.73 Å². The van der Waals surface area contributed by atoms with E-state index in [0.717, 1.165) is 16.5 Å². The monoisotopic (exact) mass is 242 g/mol. The van der Waals surface area contributed by atoms with Gasteiger partial charge in [0.1, 0.15) is 5.82 Å². The molecule has 13 heavy (non-hydrogen) atoms. The van der Waals surface area contributed by atoms with Gasteiger partial charge in [-0.1, -0.05) is 0 Å². The van der Waals surface area contributed by atoms with Gasteiger partial charge in [-0.15, -0.1) is 0 Å². The Balaban J connectivity index is 2.87. The summed E-state index contributed by atoms with van der Waals surface area (Å²) in [4.78, 5) is 3.03. The summed E-state index contributed by atoms with van der Waals surface area (Å²) in [5.41, 5.74) is 7.18. The molecule has 2 rings (SSSR count). The third kappa shape index (κ3) is 1.26. The van der Waals surface area contributed by atoms with E-state index >= 15 is 0 Å². The van der Waals surface area contributed by atoms with E-state index in [2.05, 4.69) is 20.9 Å². The molecule has 0 saturated carbocycles. The Morgan fingerprint density at radius 3 is 3.00 bits per heavy atom. The summed E-state index contributed by atoms with van der Waals surface area (Å²) in [7, 11) is 0. The second kappa shape index (κ2) is 3.12. The van der Waals surface area contributed by atoms with Crippen LogP contribution in [0.5, 0.6) is 0 Å². The molecule has 2 nitrogen and oxygen atoms in total. The quantitative estimate of drug-likeness (QED) is 0.793. The van der Waals surface area contributed by atoms with E-state index in [9.17, 15) is 4.39 Å². The normalized spacial score (nSPS) is 11.0. The van der Waals surface area contributed by atoms with Crippen LogP contribution in [-0.2, 0) is 6.54 Å². The van der Waals surface area contributed by atoms with Crippen LogP contribution in [0.25, 0.3) is 10.9 Å². The van der Waals surface area contributed by atoms with Crippen LogP contribution < -0.4 is 5.73 Å². The number of benzene rings is 1. The number of nitrogens with one attached hydrogen (secondary N) is 1. The summed E-state index contributed by atoms with van der Waals surface area (Å²) in [6, 6.07) is 3.27. The molecule has 0 aliphatic heterocycles. The third-order valence-electron chi connectivity index (χ3n) is 2.04. The van der Waals surface area contributed by atoms with E-state index in [1.54, 1.807) is 6.20 Å². The average molecular weight is 243 g/mol. The van der Waals surface area contributed by atoms with Gasteiger partial charge < -0.3 is 10.7 Å². The Labute approximate surface area is 83.1 Å². The average Bonchev–Trinajstić information content (AvgIpc) is 2.60. The summed E-state index contributed by atoms with van der Waals surface area (Å²) < 4.78 is 13.7. The number of aromatic amines is 1. The van der Waals surface area contributed by atoms with E-state index in [4.69, 9.17) is 5.73 Å². The molecule has 1 aromatic carbocycles. The van der Waals surface area contributed by atoms with Crippen LogP contribution >= 0.6 is 15.9 Å². The van der Waals surface area contributed by atoms with Crippen molar-refractivity contribution in [3.8, 4) is 0 Å². The number of H-pyrrole nitrogens is 1. The summed E-state index contributed by atoms with van der Waals surface area (Å²) in [5, 5.41) is 0.834. The predicted octanol–water partition coefficient (Wildman–Crippen LogP) is 2.53. The van der Waals surface area contributed by atoms with E-state index in [1.165, 1.54) is 6.07 Å². The molecule has 0 radical (unpaired) electrons. The number of nitrogens with two attached hydrogens (primary N) is 1. The maximum absolute atomic E-state index is 13.3. The minimum Gasteiger partial charge on any atom is -0.361 e. The number of rotatable bonds is 1. The third-order valence-corrected chi connectivity index (χ3v) is 2.84. The molecule has 0 unspecified atom stereocenters. The van der Waals surface area contributed by atoms with Crippen LogP contribution in [0.1, 0.15) is 5.56 Å². The van der Waals surface area contributed by atoms with Crippen molar-refractivity contribution in [2.45, 2.75) is 6.54 Å². The van der Waals surface area contributed by atoms with Gasteiger partial charge in [0.2, 0.25) is 0 Å². The molecular formula is C9H8BrFN2. The van der Waals surface area contributed by atoms with Gasteiger partial charge >= 0.3 is 0 Å². The van der Waals surface area contributed by atoms with Crippen molar-refractivity contribution < 1.29 is 4.39 Å². The largest absolute Gasteiger partial charge is 0.361 e. The molecule has 0 atom stereocenters. The standard InChI is InChI=1S/C9H8BrFN2/c10-8-6-1-2-13-9(6)5(4-12)3-7(8)11/h1-3,13H,4,12H2. The van der Waals surface area contributed by atoms with Crippen LogP contribution in [0, 0.1) is 5.82 Å². The van der Waals surface area contributed by atoms with Gasteiger partial charge in [0.15, 0.2) is 0 Å². The van der Waals surface area contributed by atoms with Crippen molar-refractivity contribution in [3.63, 3.8) is 0 Å². The molecule has 0 aliphatic carbocycles. The zero-order valence-electron chi connectivity index (χ0n) is 6.77. The first-order valence-corrected chi connectivity index (χ1v) is 4.67. The lowest BCUT2D eigenvalue weighted by molar-refractivity contribution is 0.621. The second-order valence-electron chi connectivity index (χ2n) is 2.80. The zero-order chi connectivity index (χ0) is 9.42. The summed E-state index contributed by atoms with van der Waals surface area (Å²) in [6.45, 7) is 0.335. The minimum absolute atomic E-state index is 0.271. The molecule has 4 heteroatoms. The number of fused-ring (bicyclic) bond motifs is 1. The highest BCUT2D eigenvalue weighted by Crippen LogP contribution is 2.28. The minimum atomic E-state index is -0.271. The Bertz CT molecular complexity index is 450. The van der Waals surface area contributed by atoms with Gasteiger partial charge in [0.05, 0.1) is 9.99 Å². The SMILES string of the molecule is NCc1cc(F)c(Br)c2cc[nH]c12. The second-order valence-corrected chi connectivity index (χ2v) is 3.59. The molecule has 1 heterocycles. The van der Waals surface area contributed by atoms with Crippen molar-refractivity contribution in [2.75, 3.05) is 0 Å². The summed E-state index contributed by atoms with van der Waals surface area (Å²) >= 11 is 3.19. The molecule has 0 amide bonds. The van der Waals surface area contributed by atoms with Gasteiger partial charge in [-0.05, 0) is 33.6 Å². The fourth-order valence-electron chi connectivity index (χ4n) is 1.40. The molecule has 0 saturated heterocycles. The first kappa shape index (κ1) is 8.72. The van der Waals surface area contributed by atoms with Gasteiger partial charge in [-0.3, -0.25) is 0 Å².